The third-order valence-electron chi connectivity index (χ3n) is 2.27. The molecule has 0 unspecified atom stereocenters. The number of hydrogen-bond donors (Lipinski definition) is 0. The van der Waals surface area contributed by atoms with E-state index in [1.807, 2.05) is 49.4 Å². The van der Waals surface area contributed by atoms with Gasteiger partial charge in [-0.15, -0.1) is 0 Å². The Hall–Kier alpha value is -1.47. The van der Waals surface area contributed by atoms with Gasteiger partial charge in [0.25, 0.3) is 0 Å². The molecule has 2 aromatic carbocycles. The minimum absolute atomic E-state index is 0.604. The maximum absolute atomic E-state index is 6.12. The van der Waals surface area contributed by atoms with Gasteiger partial charge in [0.1, 0.15) is 5.75 Å². The van der Waals surface area contributed by atoms with Gasteiger partial charge in [-0.25, -0.2) is 0 Å². The van der Waals surface area contributed by atoms with Crippen molar-refractivity contribution in [2.45, 2.75) is 6.92 Å². The smallest absolute Gasteiger partial charge is 0.145 e. The van der Waals surface area contributed by atoms with Crippen molar-refractivity contribution < 1.29 is 4.74 Å². The van der Waals surface area contributed by atoms with E-state index in [0.717, 1.165) is 16.9 Å². The molecule has 81 valence electrons. The van der Waals surface area contributed by atoms with Crippen LogP contribution < -0.4 is 4.74 Å². The van der Waals surface area contributed by atoms with Gasteiger partial charge in [0, 0.05) is 5.56 Å². The molecule has 1 nitrogen and oxygen atoms in total. The van der Waals surface area contributed by atoms with Gasteiger partial charge in [0.2, 0.25) is 0 Å². The summed E-state index contributed by atoms with van der Waals surface area (Å²) in [6.45, 7) is 2.55. The average Bonchev–Trinajstić information content (AvgIpc) is 2.33. The largest absolute Gasteiger partial charge is 0.492 e. The summed E-state index contributed by atoms with van der Waals surface area (Å²) >= 11 is 6.12. The van der Waals surface area contributed by atoms with Crippen molar-refractivity contribution in [3.8, 4) is 16.9 Å². The van der Waals surface area contributed by atoms with Crippen LogP contribution in [0.4, 0.5) is 0 Å². The molecule has 0 N–H and O–H groups in total. The van der Waals surface area contributed by atoms with Crippen LogP contribution in [-0.2, 0) is 0 Å². The molecule has 2 aromatic rings. The molecular weight excluding hydrogens is 220 g/mol. The van der Waals surface area contributed by atoms with E-state index in [2.05, 4.69) is 6.07 Å². The summed E-state index contributed by atoms with van der Waals surface area (Å²) in [6.07, 6.45) is 0. The van der Waals surface area contributed by atoms with Crippen molar-refractivity contribution in [3.63, 3.8) is 0 Å². The summed E-state index contributed by atoms with van der Waals surface area (Å²) in [4.78, 5) is 0. The SMILES string of the molecule is CCOc1c(Cl)cccc1-c1c[c]ccc1. The molecule has 0 atom stereocenters. The predicted octanol–water partition coefficient (Wildman–Crippen LogP) is 4.21. The number of hydrogen-bond acceptors (Lipinski definition) is 1. The number of rotatable bonds is 3. The Morgan fingerprint density at radius 3 is 2.81 bits per heavy atom. The van der Waals surface area contributed by atoms with E-state index in [-0.39, 0.29) is 0 Å². The van der Waals surface area contributed by atoms with Crippen LogP contribution in [0.3, 0.4) is 0 Å². The fourth-order valence-corrected chi connectivity index (χ4v) is 1.82. The highest BCUT2D eigenvalue weighted by Gasteiger charge is 2.09. The Morgan fingerprint density at radius 1 is 1.25 bits per heavy atom. The normalized spacial score (nSPS) is 10.1. The van der Waals surface area contributed by atoms with E-state index in [4.69, 9.17) is 16.3 Å². The van der Waals surface area contributed by atoms with Crippen LogP contribution in [0, 0.1) is 6.07 Å². The Labute approximate surface area is 101 Å². The Bertz CT molecular complexity index is 465. The first-order chi connectivity index (χ1) is 7.83. The number of benzene rings is 2. The molecule has 0 amide bonds. The van der Waals surface area contributed by atoms with Crippen LogP contribution in [0.1, 0.15) is 6.92 Å². The standard InChI is InChI=1S/C14H12ClO/c1-2-16-14-12(9-6-10-13(14)15)11-7-4-3-5-8-11/h3-4,6-10H,2H2,1H3. The summed E-state index contributed by atoms with van der Waals surface area (Å²) in [6, 6.07) is 16.6. The first kappa shape index (κ1) is 11.0. The second-order valence-corrected chi connectivity index (χ2v) is 3.75. The lowest BCUT2D eigenvalue weighted by atomic mass is 10.0. The van der Waals surface area contributed by atoms with Gasteiger partial charge in [-0.2, -0.15) is 0 Å². The van der Waals surface area contributed by atoms with Crippen molar-refractivity contribution in [3.05, 3.63) is 53.6 Å². The Kier molecular flexibility index (Phi) is 3.47. The molecule has 0 saturated carbocycles. The lowest BCUT2D eigenvalue weighted by molar-refractivity contribution is 0.342. The van der Waals surface area contributed by atoms with E-state index in [1.165, 1.54) is 0 Å². The number of halogens is 1. The van der Waals surface area contributed by atoms with Crippen LogP contribution in [0.25, 0.3) is 11.1 Å². The quantitative estimate of drug-likeness (QED) is 0.769. The second kappa shape index (κ2) is 5.04. The monoisotopic (exact) mass is 231 g/mol. The zero-order valence-corrected chi connectivity index (χ0v) is 9.79. The van der Waals surface area contributed by atoms with Gasteiger partial charge in [-0.1, -0.05) is 41.9 Å². The molecule has 0 aliphatic rings. The lowest BCUT2D eigenvalue weighted by Gasteiger charge is -2.11. The highest BCUT2D eigenvalue weighted by atomic mass is 35.5. The molecule has 0 fully saturated rings. The van der Waals surface area contributed by atoms with Crippen LogP contribution in [-0.4, -0.2) is 6.61 Å². The molecule has 0 aliphatic heterocycles. The molecule has 0 saturated heterocycles. The van der Waals surface area contributed by atoms with Gasteiger partial charge < -0.3 is 4.74 Å². The molecule has 0 aromatic heterocycles. The molecule has 16 heavy (non-hydrogen) atoms. The zero-order chi connectivity index (χ0) is 11.4. The first-order valence-electron chi connectivity index (χ1n) is 5.20. The molecule has 0 spiro atoms. The predicted molar refractivity (Wildman–Crippen MR) is 66.9 cm³/mol. The lowest BCUT2D eigenvalue weighted by Crippen LogP contribution is -1.94. The van der Waals surface area contributed by atoms with E-state index in [1.54, 1.807) is 0 Å². The maximum atomic E-state index is 6.12. The highest BCUT2D eigenvalue weighted by Crippen LogP contribution is 2.35. The summed E-state index contributed by atoms with van der Waals surface area (Å²) in [5.41, 5.74) is 2.07. The van der Waals surface area contributed by atoms with Crippen LogP contribution in [0.5, 0.6) is 5.75 Å². The van der Waals surface area contributed by atoms with Gasteiger partial charge in [-0.3, -0.25) is 0 Å². The van der Waals surface area contributed by atoms with Crippen molar-refractivity contribution in [1.29, 1.82) is 0 Å². The number of ether oxygens (including phenoxy) is 1. The summed E-state index contributed by atoms with van der Waals surface area (Å²) < 4.78 is 5.58. The van der Waals surface area contributed by atoms with Crippen LogP contribution in [0.2, 0.25) is 5.02 Å². The summed E-state index contributed by atoms with van der Waals surface area (Å²) in [5.74, 6) is 0.742. The van der Waals surface area contributed by atoms with Gasteiger partial charge >= 0.3 is 0 Å². The highest BCUT2D eigenvalue weighted by molar-refractivity contribution is 6.32. The molecule has 1 radical (unpaired) electrons. The molecule has 2 heteroatoms. The topological polar surface area (TPSA) is 9.23 Å². The van der Waals surface area contributed by atoms with E-state index in [0.29, 0.717) is 11.6 Å². The van der Waals surface area contributed by atoms with Gasteiger partial charge in [-0.05, 0) is 30.7 Å². The summed E-state index contributed by atoms with van der Waals surface area (Å²) in [5, 5.41) is 0.642. The van der Waals surface area contributed by atoms with Gasteiger partial charge in [0.15, 0.2) is 0 Å². The number of para-hydroxylation sites is 1. The maximum Gasteiger partial charge on any atom is 0.145 e. The van der Waals surface area contributed by atoms with Crippen LogP contribution in [0.15, 0.2) is 42.5 Å². The third kappa shape index (κ3) is 2.20. The minimum Gasteiger partial charge on any atom is -0.492 e. The van der Waals surface area contributed by atoms with Crippen molar-refractivity contribution >= 4 is 11.6 Å². The fourth-order valence-electron chi connectivity index (χ4n) is 1.59. The molecule has 0 bridgehead atoms. The van der Waals surface area contributed by atoms with Crippen LogP contribution >= 0.6 is 11.6 Å². The zero-order valence-electron chi connectivity index (χ0n) is 9.03. The Morgan fingerprint density at radius 2 is 2.12 bits per heavy atom. The average molecular weight is 232 g/mol. The molecular formula is C14H12ClO. The summed E-state index contributed by atoms with van der Waals surface area (Å²) in [7, 11) is 0. The molecule has 2 rings (SSSR count). The van der Waals surface area contributed by atoms with E-state index >= 15 is 0 Å². The Balaban J connectivity index is 2.52. The van der Waals surface area contributed by atoms with E-state index < -0.39 is 0 Å². The fraction of sp³-hybridized carbons (Fsp3) is 0.143. The van der Waals surface area contributed by atoms with Gasteiger partial charge in [0.05, 0.1) is 11.6 Å². The second-order valence-electron chi connectivity index (χ2n) is 3.34. The van der Waals surface area contributed by atoms with Crippen molar-refractivity contribution in [1.82, 2.24) is 0 Å². The minimum atomic E-state index is 0.604. The van der Waals surface area contributed by atoms with E-state index in [9.17, 15) is 0 Å². The molecule has 0 heterocycles. The first-order valence-corrected chi connectivity index (χ1v) is 5.58. The third-order valence-corrected chi connectivity index (χ3v) is 2.57. The van der Waals surface area contributed by atoms with Crippen molar-refractivity contribution in [2.24, 2.45) is 0 Å². The molecule has 0 aliphatic carbocycles. The van der Waals surface area contributed by atoms with Crippen molar-refractivity contribution in [2.75, 3.05) is 6.61 Å².